The zero-order chi connectivity index (χ0) is 19.2. The molecule has 0 aliphatic heterocycles. The lowest BCUT2D eigenvalue weighted by molar-refractivity contribution is 0.102. The number of ether oxygens (including phenoxy) is 1. The molecule has 4 nitrogen and oxygen atoms in total. The fourth-order valence-corrected chi connectivity index (χ4v) is 3.72. The van der Waals surface area contributed by atoms with Gasteiger partial charge in [-0.15, -0.1) is 0 Å². The first-order valence-corrected chi connectivity index (χ1v) is 9.48. The number of amides is 1. The number of carbonyl (C=O) groups excluding carboxylic acids is 1. The van der Waals surface area contributed by atoms with E-state index in [4.69, 9.17) is 4.74 Å². The van der Waals surface area contributed by atoms with Crippen molar-refractivity contribution < 1.29 is 9.53 Å². The maximum Gasteiger partial charge on any atom is 0.258 e. The molecule has 3 rings (SSSR count). The molecule has 0 aliphatic rings. The van der Waals surface area contributed by atoms with Crippen LogP contribution in [0, 0.1) is 13.8 Å². The number of anilines is 1. The summed E-state index contributed by atoms with van der Waals surface area (Å²) in [5.74, 6) is -0.182. The van der Waals surface area contributed by atoms with Crippen molar-refractivity contribution in [3.05, 3.63) is 83.0 Å². The third-order valence-electron chi connectivity index (χ3n) is 4.12. The van der Waals surface area contributed by atoms with E-state index in [1.54, 1.807) is 25.4 Å². The van der Waals surface area contributed by atoms with Gasteiger partial charge in [-0.1, -0.05) is 47.7 Å². The van der Waals surface area contributed by atoms with Gasteiger partial charge in [-0.05, 0) is 43.7 Å². The molecule has 0 atom stereocenters. The van der Waals surface area contributed by atoms with Gasteiger partial charge in [0.2, 0.25) is 0 Å². The van der Waals surface area contributed by atoms with Crippen molar-refractivity contribution in [1.82, 2.24) is 4.98 Å². The first kappa shape index (κ1) is 19.1. The first-order chi connectivity index (χ1) is 13.1. The molecule has 0 unspecified atom stereocenters. The van der Waals surface area contributed by atoms with Gasteiger partial charge in [-0.2, -0.15) is 0 Å². The van der Waals surface area contributed by atoms with E-state index in [1.165, 1.54) is 22.9 Å². The fraction of sp³-hybridized carbons (Fsp3) is 0.182. The van der Waals surface area contributed by atoms with Crippen LogP contribution in [0.5, 0.6) is 0 Å². The van der Waals surface area contributed by atoms with Gasteiger partial charge in [0.1, 0.15) is 5.03 Å². The minimum Gasteiger partial charge on any atom is -0.380 e. The molecule has 0 spiro atoms. The Morgan fingerprint density at radius 1 is 1.11 bits per heavy atom. The minimum atomic E-state index is -0.182. The summed E-state index contributed by atoms with van der Waals surface area (Å²) in [6.45, 7) is 4.57. The van der Waals surface area contributed by atoms with E-state index in [9.17, 15) is 4.79 Å². The average Bonchev–Trinajstić information content (AvgIpc) is 2.66. The molecular weight excluding hydrogens is 356 g/mol. The quantitative estimate of drug-likeness (QED) is 0.637. The van der Waals surface area contributed by atoms with E-state index in [1.807, 2.05) is 24.3 Å². The highest BCUT2D eigenvalue weighted by molar-refractivity contribution is 7.99. The van der Waals surface area contributed by atoms with Gasteiger partial charge in [0, 0.05) is 29.5 Å². The predicted molar refractivity (Wildman–Crippen MR) is 109 cm³/mol. The molecule has 1 aromatic heterocycles. The van der Waals surface area contributed by atoms with Crippen molar-refractivity contribution in [2.24, 2.45) is 0 Å². The number of carbonyl (C=O) groups is 1. The van der Waals surface area contributed by atoms with Crippen LogP contribution in [-0.4, -0.2) is 18.0 Å². The summed E-state index contributed by atoms with van der Waals surface area (Å²) in [6, 6.07) is 17.5. The van der Waals surface area contributed by atoms with Crippen LogP contribution in [0.4, 0.5) is 5.69 Å². The Balaban J connectivity index is 1.86. The zero-order valence-corrected chi connectivity index (χ0v) is 16.5. The Hall–Kier alpha value is -2.63. The number of methoxy groups -OCH3 is 1. The van der Waals surface area contributed by atoms with Crippen molar-refractivity contribution in [3.63, 3.8) is 0 Å². The number of nitrogens with one attached hydrogen (secondary N) is 1. The third kappa shape index (κ3) is 4.76. The number of nitrogens with zero attached hydrogens (tertiary/aromatic N) is 1. The van der Waals surface area contributed by atoms with Gasteiger partial charge in [-0.25, -0.2) is 4.98 Å². The van der Waals surface area contributed by atoms with E-state index in [0.29, 0.717) is 17.2 Å². The second-order valence-electron chi connectivity index (χ2n) is 6.27. The van der Waals surface area contributed by atoms with E-state index >= 15 is 0 Å². The monoisotopic (exact) mass is 378 g/mol. The second kappa shape index (κ2) is 8.84. The molecular formula is C22H22N2O2S. The Labute approximate surface area is 164 Å². The van der Waals surface area contributed by atoms with Gasteiger partial charge in [-0.3, -0.25) is 4.79 Å². The highest BCUT2D eigenvalue weighted by Gasteiger charge is 2.15. The summed E-state index contributed by atoms with van der Waals surface area (Å²) in [5.41, 5.74) is 4.61. The molecule has 138 valence electrons. The van der Waals surface area contributed by atoms with Crippen molar-refractivity contribution in [2.75, 3.05) is 12.4 Å². The van der Waals surface area contributed by atoms with Crippen LogP contribution in [0.3, 0.4) is 0 Å². The summed E-state index contributed by atoms with van der Waals surface area (Å²) in [4.78, 5) is 18.4. The smallest absolute Gasteiger partial charge is 0.258 e. The molecule has 5 heteroatoms. The number of hydrogen-bond donors (Lipinski definition) is 1. The minimum absolute atomic E-state index is 0.182. The standard InChI is InChI=1S/C22H22N2O2S/c1-15-10-11-20(16(2)13-15)27-22-18(8-6-12-23-22)21(25)24-19-9-5-4-7-17(19)14-26-3/h4-13H,14H2,1-3H3,(H,24,25). The van der Waals surface area contributed by atoms with Crippen LogP contribution in [0.2, 0.25) is 0 Å². The van der Waals surface area contributed by atoms with Gasteiger partial charge in [0.05, 0.1) is 12.2 Å². The van der Waals surface area contributed by atoms with Gasteiger partial charge in [0.15, 0.2) is 0 Å². The molecule has 0 fully saturated rings. The van der Waals surface area contributed by atoms with Crippen molar-refractivity contribution in [1.29, 1.82) is 0 Å². The molecule has 2 aromatic carbocycles. The Bertz CT molecular complexity index is 957. The van der Waals surface area contributed by atoms with E-state index in [2.05, 4.69) is 42.3 Å². The number of rotatable bonds is 6. The third-order valence-corrected chi connectivity index (χ3v) is 5.31. The van der Waals surface area contributed by atoms with E-state index < -0.39 is 0 Å². The highest BCUT2D eigenvalue weighted by Crippen LogP contribution is 2.32. The zero-order valence-electron chi connectivity index (χ0n) is 15.7. The fourth-order valence-electron chi connectivity index (χ4n) is 2.78. The molecule has 1 N–H and O–H groups in total. The lowest BCUT2D eigenvalue weighted by Crippen LogP contribution is -2.15. The molecule has 0 saturated heterocycles. The molecule has 0 radical (unpaired) electrons. The highest BCUT2D eigenvalue weighted by atomic mass is 32.2. The molecule has 1 heterocycles. The number of aryl methyl sites for hydroxylation is 2. The van der Waals surface area contributed by atoms with Crippen molar-refractivity contribution in [3.8, 4) is 0 Å². The molecule has 3 aromatic rings. The Morgan fingerprint density at radius 2 is 1.93 bits per heavy atom. The topological polar surface area (TPSA) is 51.2 Å². The number of pyridine rings is 1. The van der Waals surface area contributed by atoms with Gasteiger partial charge in [0.25, 0.3) is 5.91 Å². The SMILES string of the molecule is COCc1ccccc1NC(=O)c1cccnc1Sc1ccc(C)cc1C. The van der Waals surface area contributed by atoms with Crippen LogP contribution in [0.15, 0.2) is 70.7 Å². The molecule has 0 bridgehead atoms. The number of aromatic nitrogens is 1. The summed E-state index contributed by atoms with van der Waals surface area (Å²) in [6.07, 6.45) is 1.71. The predicted octanol–water partition coefficient (Wildman–Crippen LogP) is 5.25. The summed E-state index contributed by atoms with van der Waals surface area (Å²) in [7, 11) is 1.64. The maximum absolute atomic E-state index is 12.9. The molecule has 0 saturated carbocycles. The lowest BCUT2D eigenvalue weighted by Gasteiger charge is -2.13. The largest absolute Gasteiger partial charge is 0.380 e. The van der Waals surface area contributed by atoms with Crippen molar-refractivity contribution >= 4 is 23.4 Å². The summed E-state index contributed by atoms with van der Waals surface area (Å²) in [5, 5.41) is 3.68. The average molecular weight is 378 g/mol. The van der Waals surface area contributed by atoms with E-state index in [0.717, 1.165) is 16.1 Å². The molecule has 27 heavy (non-hydrogen) atoms. The van der Waals surface area contributed by atoms with Crippen molar-refractivity contribution in [2.45, 2.75) is 30.4 Å². The summed E-state index contributed by atoms with van der Waals surface area (Å²) >= 11 is 1.51. The van der Waals surface area contributed by atoms with Crippen LogP contribution >= 0.6 is 11.8 Å². The molecule has 1 amide bonds. The molecule has 0 aliphatic carbocycles. The van der Waals surface area contributed by atoms with Crippen LogP contribution in [0.25, 0.3) is 0 Å². The normalized spacial score (nSPS) is 10.6. The Morgan fingerprint density at radius 3 is 2.70 bits per heavy atom. The van der Waals surface area contributed by atoms with E-state index in [-0.39, 0.29) is 5.91 Å². The number of hydrogen-bond acceptors (Lipinski definition) is 4. The second-order valence-corrected chi connectivity index (χ2v) is 7.30. The number of para-hydroxylation sites is 1. The van der Waals surface area contributed by atoms with Crippen LogP contribution in [-0.2, 0) is 11.3 Å². The number of benzene rings is 2. The van der Waals surface area contributed by atoms with Crippen LogP contribution < -0.4 is 5.32 Å². The Kier molecular flexibility index (Phi) is 6.27. The maximum atomic E-state index is 12.9. The summed E-state index contributed by atoms with van der Waals surface area (Å²) < 4.78 is 5.21. The lowest BCUT2D eigenvalue weighted by atomic mass is 10.1. The van der Waals surface area contributed by atoms with Gasteiger partial charge < -0.3 is 10.1 Å². The van der Waals surface area contributed by atoms with Crippen LogP contribution in [0.1, 0.15) is 27.0 Å². The van der Waals surface area contributed by atoms with Gasteiger partial charge >= 0.3 is 0 Å². The first-order valence-electron chi connectivity index (χ1n) is 8.67.